The number of hydrogen-bond donors (Lipinski definition) is 1. The Hall–Kier alpha value is -1.47. The van der Waals surface area contributed by atoms with E-state index >= 15 is 0 Å². The Morgan fingerprint density at radius 1 is 1.47 bits per heavy atom. The van der Waals surface area contributed by atoms with E-state index in [9.17, 15) is 14.9 Å². The molecular weight excluding hydrogens is 268 g/mol. The van der Waals surface area contributed by atoms with Gasteiger partial charge in [-0.05, 0) is 37.9 Å². The quantitative estimate of drug-likeness (QED) is 0.662. The number of thiophene rings is 1. The van der Waals surface area contributed by atoms with Crippen LogP contribution in [0.5, 0.6) is 0 Å². The topological polar surface area (TPSA) is 83.7 Å². The monoisotopic (exact) mass is 284 g/mol. The summed E-state index contributed by atoms with van der Waals surface area (Å²) in [7, 11) is 0. The molecule has 0 atom stereocenters. The number of carbonyl (C=O) groups is 1. The van der Waals surface area contributed by atoms with Gasteiger partial charge in [-0.2, -0.15) is 0 Å². The molecule has 6 nitrogen and oxygen atoms in total. The lowest BCUT2D eigenvalue weighted by Crippen LogP contribution is -2.33. The standard InChI is InChI=1S/C12H16N2O4S/c15-12(16)7-9-3-5-13(6-4-9)8-10-1-2-11(19-10)14(17)18/h1-2,9H,3-8H2,(H,15,16). The van der Waals surface area contributed by atoms with E-state index in [1.807, 2.05) is 0 Å². The van der Waals surface area contributed by atoms with E-state index < -0.39 is 5.97 Å². The first kappa shape index (κ1) is 14.0. The van der Waals surface area contributed by atoms with Gasteiger partial charge in [0.05, 0.1) is 4.92 Å². The number of piperidine rings is 1. The van der Waals surface area contributed by atoms with Crippen molar-refractivity contribution < 1.29 is 14.8 Å². The highest BCUT2D eigenvalue weighted by Gasteiger charge is 2.22. The zero-order valence-corrected chi connectivity index (χ0v) is 11.3. The molecule has 0 spiro atoms. The number of rotatable bonds is 5. The summed E-state index contributed by atoms with van der Waals surface area (Å²) in [5.41, 5.74) is 0. The van der Waals surface area contributed by atoms with E-state index in [2.05, 4.69) is 4.90 Å². The predicted octanol–water partition coefficient (Wildman–Crippen LogP) is 2.34. The number of hydrogen-bond acceptors (Lipinski definition) is 5. The van der Waals surface area contributed by atoms with Gasteiger partial charge in [-0.25, -0.2) is 0 Å². The van der Waals surface area contributed by atoms with Crippen molar-refractivity contribution in [2.75, 3.05) is 13.1 Å². The van der Waals surface area contributed by atoms with Crippen molar-refractivity contribution in [3.8, 4) is 0 Å². The SMILES string of the molecule is O=C(O)CC1CCN(Cc2ccc([N+](=O)[O-])s2)CC1. The minimum atomic E-state index is -0.729. The van der Waals surface area contributed by atoms with Crippen LogP contribution < -0.4 is 0 Å². The van der Waals surface area contributed by atoms with E-state index in [0.717, 1.165) is 37.4 Å². The maximum absolute atomic E-state index is 10.6. The second kappa shape index (κ2) is 6.12. The molecule has 2 rings (SSSR count). The molecule has 1 aromatic heterocycles. The Kier molecular flexibility index (Phi) is 4.49. The molecule has 0 unspecified atom stereocenters. The average molecular weight is 284 g/mol. The van der Waals surface area contributed by atoms with Crippen LogP contribution in [0.15, 0.2) is 12.1 Å². The molecule has 7 heteroatoms. The van der Waals surface area contributed by atoms with Crippen molar-refractivity contribution in [1.82, 2.24) is 4.90 Å². The zero-order valence-electron chi connectivity index (χ0n) is 10.4. The normalized spacial score (nSPS) is 17.5. The number of nitro groups is 1. The molecule has 1 aliphatic heterocycles. The van der Waals surface area contributed by atoms with Crippen LogP contribution in [0.3, 0.4) is 0 Å². The van der Waals surface area contributed by atoms with Crippen molar-refractivity contribution >= 4 is 22.3 Å². The van der Waals surface area contributed by atoms with Crippen LogP contribution in [0.4, 0.5) is 5.00 Å². The fourth-order valence-electron chi connectivity index (χ4n) is 2.37. The first-order valence-electron chi connectivity index (χ1n) is 6.22. The Morgan fingerprint density at radius 3 is 2.68 bits per heavy atom. The van der Waals surface area contributed by atoms with Crippen molar-refractivity contribution in [2.24, 2.45) is 5.92 Å². The van der Waals surface area contributed by atoms with Crippen LogP contribution in [-0.2, 0) is 11.3 Å². The Morgan fingerprint density at radius 2 is 2.16 bits per heavy atom. The van der Waals surface area contributed by atoms with Crippen LogP contribution in [0.25, 0.3) is 0 Å². The van der Waals surface area contributed by atoms with Gasteiger partial charge in [-0.15, -0.1) is 0 Å². The minimum Gasteiger partial charge on any atom is -0.481 e. The van der Waals surface area contributed by atoms with Crippen LogP contribution in [0, 0.1) is 16.0 Å². The lowest BCUT2D eigenvalue weighted by Gasteiger charge is -2.30. The van der Waals surface area contributed by atoms with Gasteiger partial charge in [0.2, 0.25) is 0 Å². The maximum Gasteiger partial charge on any atom is 0.324 e. The molecule has 1 saturated heterocycles. The number of carboxylic acids is 1. The molecule has 1 N–H and O–H groups in total. The summed E-state index contributed by atoms with van der Waals surface area (Å²) in [5, 5.41) is 19.5. The lowest BCUT2D eigenvalue weighted by molar-refractivity contribution is -0.380. The maximum atomic E-state index is 10.6. The van der Waals surface area contributed by atoms with Gasteiger partial charge in [0.15, 0.2) is 0 Å². The molecule has 0 radical (unpaired) electrons. The van der Waals surface area contributed by atoms with Crippen LogP contribution >= 0.6 is 11.3 Å². The summed E-state index contributed by atoms with van der Waals surface area (Å²) in [6, 6.07) is 3.34. The zero-order chi connectivity index (χ0) is 13.8. The molecular formula is C12H16N2O4S. The van der Waals surface area contributed by atoms with Crippen LogP contribution in [0.2, 0.25) is 0 Å². The second-order valence-corrected chi connectivity index (χ2v) is 5.96. The molecule has 19 heavy (non-hydrogen) atoms. The third-order valence-electron chi connectivity index (χ3n) is 3.38. The molecule has 1 aromatic rings. The molecule has 0 aliphatic carbocycles. The fraction of sp³-hybridized carbons (Fsp3) is 0.583. The van der Waals surface area contributed by atoms with Crippen LogP contribution in [-0.4, -0.2) is 34.0 Å². The third kappa shape index (κ3) is 4.00. The predicted molar refractivity (Wildman–Crippen MR) is 71.2 cm³/mol. The van der Waals surface area contributed by atoms with Gasteiger partial charge in [-0.1, -0.05) is 11.3 Å². The van der Waals surface area contributed by atoms with Gasteiger partial charge in [-0.3, -0.25) is 19.8 Å². The van der Waals surface area contributed by atoms with Gasteiger partial charge in [0.1, 0.15) is 0 Å². The molecule has 104 valence electrons. The van der Waals surface area contributed by atoms with E-state index in [1.54, 1.807) is 6.07 Å². The Labute approximate surface area is 114 Å². The number of carboxylic acid groups (broad SMARTS) is 1. The van der Waals surface area contributed by atoms with Gasteiger partial charge in [0, 0.05) is 23.9 Å². The van der Waals surface area contributed by atoms with Gasteiger partial charge in [0.25, 0.3) is 0 Å². The third-order valence-corrected chi connectivity index (χ3v) is 4.40. The molecule has 0 bridgehead atoms. The van der Waals surface area contributed by atoms with E-state index in [0.29, 0.717) is 0 Å². The fourth-order valence-corrected chi connectivity index (χ4v) is 3.23. The highest BCUT2D eigenvalue weighted by atomic mass is 32.1. The number of aliphatic carboxylic acids is 1. The largest absolute Gasteiger partial charge is 0.481 e. The summed E-state index contributed by atoms with van der Waals surface area (Å²) >= 11 is 1.21. The second-order valence-electron chi connectivity index (χ2n) is 4.81. The minimum absolute atomic E-state index is 0.177. The van der Waals surface area contributed by atoms with E-state index in [1.165, 1.54) is 17.4 Å². The summed E-state index contributed by atoms with van der Waals surface area (Å²) in [5.74, 6) is -0.459. The molecule has 1 aliphatic rings. The van der Waals surface area contributed by atoms with Crippen molar-refractivity contribution in [3.05, 3.63) is 27.1 Å². The molecule has 0 saturated carbocycles. The van der Waals surface area contributed by atoms with E-state index in [-0.39, 0.29) is 22.3 Å². The van der Waals surface area contributed by atoms with Crippen molar-refractivity contribution in [1.29, 1.82) is 0 Å². The summed E-state index contributed by atoms with van der Waals surface area (Å²) in [6.07, 6.45) is 2.03. The molecule has 0 aromatic carbocycles. The molecule has 1 fully saturated rings. The lowest BCUT2D eigenvalue weighted by atomic mass is 9.94. The highest BCUT2D eigenvalue weighted by molar-refractivity contribution is 7.15. The van der Waals surface area contributed by atoms with Gasteiger partial charge < -0.3 is 5.11 Å². The first-order chi connectivity index (χ1) is 9.04. The van der Waals surface area contributed by atoms with Crippen molar-refractivity contribution in [2.45, 2.75) is 25.8 Å². The summed E-state index contributed by atoms with van der Waals surface area (Å²) in [6.45, 7) is 2.45. The summed E-state index contributed by atoms with van der Waals surface area (Å²) in [4.78, 5) is 24.1. The number of likely N-dealkylation sites (tertiary alicyclic amines) is 1. The summed E-state index contributed by atoms with van der Waals surface area (Å²) < 4.78 is 0. The van der Waals surface area contributed by atoms with Gasteiger partial charge >= 0.3 is 11.0 Å². The first-order valence-corrected chi connectivity index (χ1v) is 7.03. The van der Waals surface area contributed by atoms with E-state index in [4.69, 9.17) is 5.11 Å². The molecule has 2 heterocycles. The highest BCUT2D eigenvalue weighted by Crippen LogP contribution is 2.27. The Bertz CT molecular complexity index is 466. The van der Waals surface area contributed by atoms with Crippen molar-refractivity contribution in [3.63, 3.8) is 0 Å². The average Bonchev–Trinajstić information content (AvgIpc) is 2.80. The number of nitrogens with zero attached hydrogens (tertiary/aromatic N) is 2. The molecule has 0 amide bonds. The smallest absolute Gasteiger partial charge is 0.324 e. The van der Waals surface area contributed by atoms with Crippen LogP contribution in [0.1, 0.15) is 24.1 Å². The Balaban J connectivity index is 1.81.